The van der Waals surface area contributed by atoms with E-state index in [1.54, 1.807) is 19.1 Å². The van der Waals surface area contributed by atoms with E-state index in [4.69, 9.17) is 4.74 Å². The van der Waals surface area contributed by atoms with Gasteiger partial charge in [-0.25, -0.2) is 0 Å². The maximum absolute atomic E-state index is 12.6. The Morgan fingerprint density at radius 2 is 2.14 bits per heavy atom. The summed E-state index contributed by atoms with van der Waals surface area (Å²) >= 11 is 0. The first kappa shape index (κ1) is 15.5. The third-order valence-corrected chi connectivity index (χ3v) is 3.61. The predicted molar refractivity (Wildman–Crippen MR) is 81.6 cm³/mol. The van der Waals surface area contributed by atoms with Gasteiger partial charge in [0, 0.05) is 24.6 Å². The smallest absolute Gasteiger partial charge is 0.254 e. The van der Waals surface area contributed by atoms with Gasteiger partial charge < -0.3 is 9.64 Å². The molecular weight excluding hydrogens is 266 g/mol. The Labute approximate surface area is 126 Å². The summed E-state index contributed by atoms with van der Waals surface area (Å²) in [6.45, 7) is 6.22. The Morgan fingerprint density at radius 3 is 2.81 bits per heavy atom. The van der Waals surface area contributed by atoms with Crippen LogP contribution in [-0.2, 0) is 4.79 Å². The third-order valence-electron chi connectivity index (χ3n) is 3.61. The highest BCUT2D eigenvalue weighted by Gasteiger charge is 2.30. The van der Waals surface area contributed by atoms with E-state index in [1.807, 2.05) is 30.9 Å². The normalized spacial score (nSPS) is 18.1. The van der Waals surface area contributed by atoms with Crippen LogP contribution in [0.2, 0.25) is 0 Å². The van der Waals surface area contributed by atoms with Crippen molar-refractivity contribution in [1.29, 1.82) is 0 Å². The number of ether oxygens (including phenoxy) is 1. The summed E-state index contributed by atoms with van der Waals surface area (Å²) in [5, 5.41) is 0. The van der Waals surface area contributed by atoms with Crippen LogP contribution in [0.3, 0.4) is 0 Å². The predicted octanol–water partition coefficient (Wildman–Crippen LogP) is 3.06. The minimum atomic E-state index is -0.00652. The van der Waals surface area contributed by atoms with E-state index in [0.717, 1.165) is 19.4 Å². The lowest BCUT2D eigenvalue weighted by atomic mass is 10.1. The van der Waals surface area contributed by atoms with Gasteiger partial charge in [0.1, 0.15) is 11.5 Å². The molecule has 1 fully saturated rings. The Bertz CT molecular complexity index is 525. The summed E-state index contributed by atoms with van der Waals surface area (Å²) in [5.41, 5.74) is 0.628. The molecule has 1 aromatic rings. The van der Waals surface area contributed by atoms with Crippen molar-refractivity contribution in [3.63, 3.8) is 0 Å². The summed E-state index contributed by atoms with van der Waals surface area (Å²) in [6, 6.07) is 7.32. The molecular formula is C17H23NO3. The molecule has 2 rings (SSSR count). The van der Waals surface area contributed by atoms with E-state index in [0.29, 0.717) is 17.7 Å². The number of Topliss-reactive ketones (excluding diaryl/α,β-unsaturated/α-hetero) is 1. The SMILES string of the molecule is CC(=O)CC1CCCN1C(=O)c1cccc(OC(C)C)c1. The minimum Gasteiger partial charge on any atom is -0.491 e. The number of rotatable bonds is 5. The van der Waals surface area contributed by atoms with Crippen molar-refractivity contribution in [2.75, 3.05) is 6.54 Å². The van der Waals surface area contributed by atoms with Crippen molar-refractivity contribution in [3.05, 3.63) is 29.8 Å². The molecule has 0 saturated carbocycles. The maximum atomic E-state index is 12.6. The van der Waals surface area contributed by atoms with Crippen LogP contribution in [0.15, 0.2) is 24.3 Å². The molecule has 0 radical (unpaired) electrons. The number of ketones is 1. The van der Waals surface area contributed by atoms with Crippen molar-refractivity contribution in [3.8, 4) is 5.75 Å². The van der Waals surface area contributed by atoms with Crippen LogP contribution in [0.4, 0.5) is 0 Å². The van der Waals surface area contributed by atoms with Crippen LogP contribution in [0.25, 0.3) is 0 Å². The highest BCUT2D eigenvalue weighted by atomic mass is 16.5. The zero-order valence-electron chi connectivity index (χ0n) is 13.0. The first-order valence-corrected chi connectivity index (χ1v) is 7.54. The molecule has 1 aliphatic rings. The summed E-state index contributed by atoms with van der Waals surface area (Å²) in [6.07, 6.45) is 2.40. The van der Waals surface area contributed by atoms with Gasteiger partial charge in [0.15, 0.2) is 0 Å². The molecule has 0 bridgehead atoms. The van der Waals surface area contributed by atoms with Crippen LogP contribution in [-0.4, -0.2) is 35.3 Å². The van der Waals surface area contributed by atoms with Gasteiger partial charge >= 0.3 is 0 Å². The molecule has 4 nitrogen and oxygen atoms in total. The molecule has 1 aromatic carbocycles. The van der Waals surface area contributed by atoms with Crippen LogP contribution in [0.1, 0.15) is 50.4 Å². The molecule has 1 saturated heterocycles. The van der Waals surface area contributed by atoms with Gasteiger partial charge in [-0.3, -0.25) is 9.59 Å². The molecule has 0 N–H and O–H groups in total. The molecule has 1 aliphatic heterocycles. The van der Waals surface area contributed by atoms with Gasteiger partial charge in [-0.15, -0.1) is 0 Å². The fraction of sp³-hybridized carbons (Fsp3) is 0.529. The van der Waals surface area contributed by atoms with Crippen LogP contribution < -0.4 is 4.74 Å². The highest BCUT2D eigenvalue weighted by molar-refractivity contribution is 5.95. The number of carbonyl (C=O) groups excluding carboxylic acids is 2. The van der Waals surface area contributed by atoms with Crippen molar-refractivity contribution >= 4 is 11.7 Å². The van der Waals surface area contributed by atoms with E-state index >= 15 is 0 Å². The largest absolute Gasteiger partial charge is 0.491 e. The standard InChI is InChI=1S/C17H23NO3/c1-12(2)21-16-8-4-6-14(11-16)17(20)18-9-5-7-15(18)10-13(3)19/h4,6,8,11-12,15H,5,7,9-10H2,1-3H3. The Kier molecular flexibility index (Phi) is 4.99. The molecule has 4 heteroatoms. The molecule has 1 unspecified atom stereocenters. The average molecular weight is 289 g/mol. The van der Waals surface area contributed by atoms with E-state index in [2.05, 4.69) is 0 Å². The lowest BCUT2D eigenvalue weighted by Gasteiger charge is -2.24. The molecule has 0 aromatic heterocycles. The number of amides is 1. The second-order valence-corrected chi connectivity index (χ2v) is 5.90. The maximum Gasteiger partial charge on any atom is 0.254 e. The second kappa shape index (κ2) is 6.74. The van der Waals surface area contributed by atoms with Gasteiger partial charge in [0.2, 0.25) is 0 Å². The number of benzene rings is 1. The zero-order valence-corrected chi connectivity index (χ0v) is 13.0. The lowest BCUT2D eigenvalue weighted by molar-refractivity contribution is -0.117. The van der Waals surface area contributed by atoms with E-state index in [-0.39, 0.29) is 23.8 Å². The molecule has 0 spiro atoms. The second-order valence-electron chi connectivity index (χ2n) is 5.90. The van der Waals surface area contributed by atoms with Gasteiger partial charge in [0.05, 0.1) is 6.10 Å². The Balaban J connectivity index is 2.13. The third kappa shape index (κ3) is 4.06. The summed E-state index contributed by atoms with van der Waals surface area (Å²) in [7, 11) is 0. The van der Waals surface area contributed by atoms with Gasteiger partial charge in [-0.1, -0.05) is 6.07 Å². The summed E-state index contributed by atoms with van der Waals surface area (Å²) < 4.78 is 5.63. The highest BCUT2D eigenvalue weighted by Crippen LogP contribution is 2.24. The number of carbonyl (C=O) groups is 2. The first-order valence-electron chi connectivity index (χ1n) is 7.54. The van der Waals surface area contributed by atoms with E-state index in [9.17, 15) is 9.59 Å². The molecule has 1 heterocycles. The lowest BCUT2D eigenvalue weighted by Crippen LogP contribution is -2.36. The van der Waals surface area contributed by atoms with Crippen LogP contribution >= 0.6 is 0 Å². The molecule has 114 valence electrons. The quantitative estimate of drug-likeness (QED) is 0.837. The summed E-state index contributed by atoms with van der Waals surface area (Å²) in [5.74, 6) is 0.836. The summed E-state index contributed by atoms with van der Waals surface area (Å²) in [4.78, 5) is 25.8. The monoisotopic (exact) mass is 289 g/mol. The number of hydrogen-bond acceptors (Lipinski definition) is 3. The number of hydrogen-bond donors (Lipinski definition) is 0. The van der Waals surface area contributed by atoms with Crippen LogP contribution in [0, 0.1) is 0 Å². The van der Waals surface area contributed by atoms with Gasteiger partial charge in [0.25, 0.3) is 5.91 Å². The van der Waals surface area contributed by atoms with E-state index < -0.39 is 0 Å². The average Bonchev–Trinajstić information content (AvgIpc) is 2.84. The van der Waals surface area contributed by atoms with E-state index in [1.165, 1.54) is 0 Å². The van der Waals surface area contributed by atoms with Crippen molar-refractivity contribution < 1.29 is 14.3 Å². The van der Waals surface area contributed by atoms with Gasteiger partial charge in [-0.05, 0) is 51.8 Å². The minimum absolute atomic E-state index is 0.00652. The molecule has 0 aliphatic carbocycles. The van der Waals surface area contributed by atoms with Crippen molar-refractivity contribution in [2.24, 2.45) is 0 Å². The van der Waals surface area contributed by atoms with Gasteiger partial charge in [-0.2, -0.15) is 0 Å². The number of nitrogens with zero attached hydrogens (tertiary/aromatic N) is 1. The Hall–Kier alpha value is -1.84. The first-order chi connectivity index (χ1) is 9.97. The zero-order chi connectivity index (χ0) is 15.4. The fourth-order valence-electron chi connectivity index (χ4n) is 2.79. The molecule has 1 atom stereocenters. The van der Waals surface area contributed by atoms with Crippen molar-refractivity contribution in [1.82, 2.24) is 4.90 Å². The van der Waals surface area contributed by atoms with Crippen molar-refractivity contribution in [2.45, 2.75) is 52.2 Å². The molecule has 1 amide bonds. The topological polar surface area (TPSA) is 46.6 Å². The Morgan fingerprint density at radius 1 is 1.38 bits per heavy atom. The molecule has 21 heavy (non-hydrogen) atoms. The van der Waals surface area contributed by atoms with Crippen LogP contribution in [0.5, 0.6) is 5.75 Å². The number of likely N-dealkylation sites (tertiary alicyclic amines) is 1. The fourth-order valence-corrected chi connectivity index (χ4v) is 2.79.